The lowest BCUT2D eigenvalue weighted by Gasteiger charge is -2.20. The molecule has 1 aliphatic rings. The Balaban J connectivity index is 2.15. The summed E-state index contributed by atoms with van der Waals surface area (Å²) in [4.78, 5) is 10.6. The van der Waals surface area contributed by atoms with E-state index in [4.69, 9.17) is 0 Å². The lowest BCUT2D eigenvalue weighted by Crippen LogP contribution is -2.26. The van der Waals surface area contributed by atoms with Crippen molar-refractivity contribution in [3.05, 3.63) is 34.4 Å². The van der Waals surface area contributed by atoms with Crippen molar-refractivity contribution in [3.63, 3.8) is 0 Å². The standard InChI is InChI=1S/C12H16N2O2S/c1-17-12-8-4-6-10(12)13-9-5-2-3-7-11(9)14(15)16/h2-3,5,7,10,12-13H,4,6,8H2,1H3. The average Bonchev–Trinajstić information content (AvgIpc) is 2.77. The van der Waals surface area contributed by atoms with E-state index in [0.717, 1.165) is 6.42 Å². The maximum absolute atomic E-state index is 10.9. The molecule has 0 heterocycles. The Kier molecular flexibility index (Phi) is 3.89. The number of nitrogens with one attached hydrogen (secondary N) is 1. The van der Waals surface area contributed by atoms with Gasteiger partial charge in [0.25, 0.3) is 5.69 Å². The van der Waals surface area contributed by atoms with Crippen LogP contribution >= 0.6 is 11.8 Å². The van der Waals surface area contributed by atoms with Crippen molar-refractivity contribution in [2.45, 2.75) is 30.6 Å². The summed E-state index contributed by atoms with van der Waals surface area (Å²) in [5.41, 5.74) is 0.808. The number of hydrogen-bond acceptors (Lipinski definition) is 4. The number of benzene rings is 1. The van der Waals surface area contributed by atoms with Crippen LogP contribution in [0.4, 0.5) is 11.4 Å². The predicted octanol–water partition coefficient (Wildman–Crippen LogP) is 3.29. The molecule has 2 unspecified atom stereocenters. The summed E-state index contributed by atoms with van der Waals surface area (Å²) < 4.78 is 0. The summed E-state index contributed by atoms with van der Waals surface area (Å²) >= 11 is 1.84. The van der Waals surface area contributed by atoms with E-state index in [-0.39, 0.29) is 10.6 Å². The number of para-hydroxylation sites is 2. The van der Waals surface area contributed by atoms with Crippen molar-refractivity contribution >= 4 is 23.1 Å². The largest absolute Gasteiger partial charge is 0.376 e. The van der Waals surface area contributed by atoms with Gasteiger partial charge in [-0.25, -0.2) is 0 Å². The van der Waals surface area contributed by atoms with Gasteiger partial charge in [-0.3, -0.25) is 10.1 Å². The van der Waals surface area contributed by atoms with Crippen LogP contribution in [0.15, 0.2) is 24.3 Å². The molecule has 0 spiro atoms. The second-order valence-electron chi connectivity index (χ2n) is 4.23. The van der Waals surface area contributed by atoms with E-state index < -0.39 is 0 Å². The Labute approximate surface area is 105 Å². The quantitative estimate of drug-likeness (QED) is 0.660. The van der Waals surface area contributed by atoms with Crippen LogP contribution in [-0.2, 0) is 0 Å². The first-order chi connectivity index (χ1) is 8.22. The molecule has 4 nitrogen and oxygen atoms in total. The van der Waals surface area contributed by atoms with Crippen molar-refractivity contribution in [1.82, 2.24) is 0 Å². The Morgan fingerprint density at radius 2 is 2.18 bits per heavy atom. The molecule has 1 saturated carbocycles. The van der Waals surface area contributed by atoms with Gasteiger partial charge in [-0.2, -0.15) is 11.8 Å². The molecule has 0 saturated heterocycles. The first kappa shape index (κ1) is 12.2. The highest BCUT2D eigenvalue weighted by molar-refractivity contribution is 7.99. The lowest BCUT2D eigenvalue weighted by atomic mass is 10.2. The molecular weight excluding hydrogens is 236 g/mol. The van der Waals surface area contributed by atoms with Gasteiger partial charge < -0.3 is 5.32 Å². The summed E-state index contributed by atoms with van der Waals surface area (Å²) in [7, 11) is 0. The molecule has 1 N–H and O–H groups in total. The van der Waals surface area contributed by atoms with E-state index in [9.17, 15) is 10.1 Å². The minimum atomic E-state index is -0.328. The molecule has 0 bridgehead atoms. The van der Waals surface area contributed by atoms with Crippen molar-refractivity contribution in [2.24, 2.45) is 0 Å². The zero-order valence-corrected chi connectivity index (χ0v) is 10.6. The zero-order chi connectivity index (χ0) is 12.3. The molecule has 2 rings (SSSR count). The van der Waals surface area contributed by atoms with Crippen LogP contribution in [0.1, 0.15) is 19.3 Å². The van der Waals surface area contributed by atoms with Gasteiger partial charge in [0, 0.05) is 17.4 Å². The highest BCUT2D eigenvalue weighted by atomic mass is 32.2. The third-order valence-electron chi connectivity index (χ3n) is 3.20. The van der Waals surface area contributed by atoms with Gasteiger partial charge >= 0.3 is 0 Å². The highest BCUT2D eigenvalue weighted by Gasteiger charge is 2.27. The van der Waals surface area contributed by atoms with Gasteiger partial charge in [0.15, 0.2) is 0 Å². The van der Waals surface area contributed by atoms with Gasteiger partial charge in [-0.05, 0) is 25.2 Å². The van der Waals surface area contributed by atoms with Gasteiger partial charge in [0.1, 0.15) is 5.69 Å². The second-order valence-corrected chi connectivity index (χ2v) is 5.31. The lowest BCUT2D eigenvalue weighted by molar-refractivity contribution is -0.384. The van der Waals surface area contributed by atoms with E-state index >= 15 is 0 Å². The highest BCUT2D eigenvalue weighted by Crippen LogP contribution is 2.33. The SMILES string of the molecule is CSC1CCCC1Nc1ccccc1[N+](=O)[O-]. The average molecular weight is 252 g/mol. The molecule has 1 aromatic carbocycles. The fourth-order valence-electron chi connectivity index (χ4n) is 2.33. The smallest absolute Gasteiger partial charge is 0.292 e. The van der Waals surface area contributed by atoms with Gasteiger partial charge in [0.2, 0.25) is 0 Å². The van der Waals surface area contributed by atoms with E-state index in [1.807, 2.05) is 17.8 Å². The normalized spacial score (nSPS) is 23.6. The monoisotopic (exact) mass is 252 g/mol. The van der Waals surface area contributed by atoms with Crippen molar-refractivity contribution in [3.8, 4) is 0 Å². The Morgan fingerprint density at radius 1 is 1.41 bits per heavy atom. The predicted molar refractivity (Wildman–Crippen MR) is 71.7 cm³/mol. The molecule has 1 aromatic rings. The van der Waals surface area contributed by atoms with Crippen LogP contribution < -0.4 is 5.32 Å². The molecule has 17 heavy (non-hydrogen) atoms. The fraction of sp³-hybridized carbons (Fsp3) is 0.500. The van der Waals surface area contributed by atoms with Crippen LogP contribution in [0.5, 0.6) is 0 Å². The first-order valence-corrected chi connectivity index (χ1v) is 7.04. The maximum atomic E-state index is 10.9. The molecule has 92 valence electrons. The topological polar surface area (TPSA) is 55.2 Å². The first-order valence-electron chi connectivity index (χ1n) is 5.75. The number of nitro groups is 1. The van der Waals surface area contributed by atoms with Crippen molar-refractivity contribution in [2.75, 3.05) is 11.6 Å². The Morgan fingerprint density at radius 3 is 2.88 bits per heavy atom. The number of nitrogens with zero attached hydrogens (tertiary/aromatic N) is 1. The molecule has 2 atom stereocenters. The molecular formula is C12H16N2O2S. The third kappa shape index (κ3) is 2.72. The number of nitro benzene ring substituents is 1. The minimum absolute atomic E-state index is 0.166. The minimum Gasteiger partial charge on any atom is -0.376 e. The van der Waals surface area contributed by atoms with E-state index in [0.29, 0.717) is 17.0 Å². The number of anilines is 1. The molecule has 0 aliphatic heterocycles. The summed E-state index contributed by atoms with van der Waals surface area (Å²) in [6, 6.07) is 7.22. The summed E-state index contributed by atoms with van der Waals surface area (Å²) in [6.45, 7) is 0. The maximum Gasteiger partial charge on any atom is 0.292 e. The molecule has 5 heteroatoms. The van der Waals surface area contributed by atoms with Gasteiger partial charge in [0.05, 0.1) is 4.92 Å². The van der Waals surface area contributed by atoms with E-state index in [2.05, 4.69) is 11.6 Å². The van der Waals surface area contributed by atoms with E-state index in [1.54, 1.807) is 18.2 Å². The molecule has 0 amide bonds. The molecule has 0 radical (unpaired) electrons. The fourth-order valence-corrected chi connectivity index (χ4v) is 3.26. The van der Waals surface area contributed by atoms with Crippen LogP contribution in [0.2, 0.25) is 0 Å². The Bertz CT molecular complexity index is 411. The second kappa shape index (κ2) is 5.40. The van der Waals surface area contributed by atoms with Crippen molar-refractivity contribution in [1.29, 1.82) is 0 Å². The summed E-state index contributed by atoms with van der Waals surface area (Å²) in [5.74, 6) is 0. The molecule has 1 fully saturated rings. The summed E-state index contributed by atoms with van der Waals surface area (Å²) in [5, 5.41) is 14.8. The number of hydrogen-bond donors (Lipinski definition) is 1. The van der Waals surface area contributed by atoms with Crippen molar-refractivity contribution < 1.29 is 4.92 Å². The number of rotatable bonds is 4. The molecule has 1 aliphatic carbocycles. The third-order valence-corrected chi connectivity index (χ3v) is 4.37. The zero-order valence-electron chi connectivity index (χ0n) is 9.76. The van der Waals surface area contributed by atoms with Crippen LogP contribution in [0.25, 0.3) is 0 Å². The van der Waals surface area contributed by atoms with E-state index in [1.165, 1.54) is 12.8 Å². The van der Waals surface area contributed by atoms with Gasteiger partial charge in [-0.15, -0.1) is 0 Å². The summed E-state index contributed by atoms with van der Waals surface area (Å²) in [6.07, 6.45) is 5.59. The molecule has 0 aromatic heterocycles. The van der Waals surface area contributed by atoms with Gasteiger partial charge in [-0.1, -0.05) is 18.6 Å². The Hall–Kier alpha value is -1.23. The van der Waals surface area contributed by atoms with Crippen LogP contribution in [0.3, 0.4) is 0 Å². The van der Waals surface area contributed by atoms with Crippen LogP contribution in [0, 0.1) is 10.1 Å². The van der Waals surface area contributed by atoms with Crippen LogP contribution in [-0.4, -0.2) is 22.5 Å². The number of thioether (sulfide) groups is 1.